The summed E-state index contributed by atoms with van der Waals surface area (Å²) in [5.74, 6) is 0.327. The number of nitrogens with zero attached hydrogens (tertiary/aromatic N) is 1. The molecule has 2 atom stereocenters. The molecule has 1 aliphatic rings. The third-order valence-corrected chi connectivity index (χ3v) is 6.56. The molecular formula is C14H20BrIN2O2S. The summed E-state index contributed by atoms with van der Waals surface area (Å²) in [6.07, 6.45) is 4.05. The topological polar surface area (TPSA) is 63.4 Å². The van der Waals surface area contributed by atoms with E-state index < -0.39 is 10.0 Å². The lowest BCUT2D eigenvalue weighted by atomic mass is 9.90. The molecule has 0 radical (unpaired) electrons. The average molecular weight is 487 g/mol. The normalized spacial score (nSPS) is 22.2. The van der Waals surface area contributed by atoms with Gasteiger partial charge in [-0.1, -0.05) is 15.9 Å². The molecule has 4 nitrogen and oxygen atoms in total. The van der Waals surface area contributed by atoms with E-state index in [1.54, 1.807) is 4.31 Å². The molecule has 1 fully saturated rings. The fourth-order valence-corrected chi connectivity index (χ4v) is 4.80. The summed E-state index contributed by atoms with van der Waals surface area (Å²) in [6.45, 7) is 1.23. The average Bonchev–Trinajstić information content (AvgIpc) is 2.41. The van der Waals surface area contributed by atoms with Gasteiger partial charge in [-0.2, -0.15) is 0 Å². The van der Waals surface area contributed by atoms with Crippen molar-refractivity contribution in [1.29, 1.82) is 0 Å². The second kappa shape index (κ2) is 7.25. The molecule has 1 aromatic carbocycles. The van der Waals surface area contributed by atoms with Crippen molar-refractivity contribution in [2.24, 2.45) is 11.7 Å². The Hall–Kier alpha value is 0.300. The van der Waals surface area contributed by atoms with Gasteiger partial charge in [0.05, 0.1) is 6.26 Å². The summed E-state index contributed by atoms with van der Waals surface area (Å²) < 4.78 is 27.1. The van der Waals surface area contributed by atoms with Gasteiger partial charge < -0.3 is 5.73 Å². The maximum Gasteiger partial charge on any atom is 0.211 e. The molecule has 1 aliphatic heterocycles. The van der Waals surface area contributed by atoms with Gasteiger partial charge in [0.1, 0.15) is 0 Å². The first-order chi connectivity index (χ1) is 9.77. The first-order valence-electron chi connectivity index (χ1n) is 6.93. The van der Waals surface area contributed by atoms with E-state index in [-0.39, 0.29) is 6.04 Å². The number of halogens is 2. The molecule has 0 aromatic heterocycles. The quantitative estimate of drug-likeness (QED) is 0.665. The first-order valence-corrected chi connectivity index (χ1v) is 10.6. The molecule has 0 bridgehead atoms. The van der Waals surface area contributed by atoms with Crippen LogP contribution < -0.4 is 5.73 Å². The standard InChI is InChI=1S/C14H20BrIN2O2S/c1-21(19,20)18-6-2-3-10(9-18)7-14(17)12-8-11(16)4-5-13(12)15/h4-5,8,10,14H,2-3,6-7,9,17H2,1H3. The molecule has 0 amide bonds. The molecule has 2 rings (SSSR count). The Morgan fingerprint density at radius 2 is 2.24 bits per heavy atom. The third-order valence-electron chi connectivity index (χ3n) is 3.90. The number of piperidine rings is 1. The van der Waals surface area contributed by atoms with Crippen molar-refractivity contribution >= 4 is 48.5 Å². The monoisotopic (exact) mass is 486 g/mol. The van der Waals surface area contributed by atoms with Crippen molar-refractivity contribution in [1.82, 2.24) is 4.31 Å². The Kier molecular flexibility index (Phi) is 6.09. The zero-order valence-electron chi connectivity index (χ0n) is 11.9. The minimum atomic E-state index is -3.09. The molecule has 1 aromatic rings. The van der Waals surface area contributed by atoms with Crippen LogP contribution in [0.5, 0.6) is 0 Å². The van der Waals surface area contributed by atoms with Gasteiger partial charge in [-0.05, 0) is 71.5 Å². The second-order valence-electron chi connectivity index (χ2n) is 5.64. The van der Waals surface area contributed by atoms with E-state index in [0.717, 1.165) is 32.9 Å². The van der Waals surface area contributed by atoms with Crippen LogP contribution in [-0.4, -0.2) is 32.1 Å². The first kappa shape index (κ1) is 17.7. The lowest BCUT2D eigenvalue weighted by Gasteiger charge is -2.32. The van der Waals surface area contributed by atoms with Crippen molar-refractivity contribution in [3.05, 3.63) is 31.8 Å². The molecular weight excluding hydrogens is 467 g/mol. The van der Waals surface area contributed by atoms with E-state index in [9.17, 15) is 8.42 Å². The lowest BCUT2D eigenvalue weighted by molar-refractivity contribution is 0.247. The van der Waals surface area contributed by atoms with Gasteiger partial charge in [0.25, 0.3) is 0 Å². The zero-order chi connectivity index (χ0) is 15.6. The number of rotatable bonds is 4. The minimum absolute atomic E-state index is 0.0707. The predicted molar refractivity (Wildman–Crippen MR) is 97.5 cm³/mol. The molecule has 7 heteroatoms. The van der Waals surface area contributed by atoms with Crippen molar-refractivity contribution in [3.63, 3.8) is 0 Å². The van der Waals surface area contributed by atoms with E-state index in [4.69, 9.17) is 5.73 Å². The molecule has 21 heavy (non-hydrogen) atoms. The predicted octanol–water partition coefficient (Wildman–Crippen LogP) is 3.12. The summed E-state index contributed by atoms with van der Waals surface area (Å²) >= 11 is 5.83. The van der Waals surface area contributed by atoms with E-state index in [0.29, 0.717) is 19.0 Å². The van der Waals surface area contributed by atoms with E-state index in [2.05, 4.69) is 44.6 Å². The number of benzene rings is 1. The Balaban J connectivity index is 2.05. The summed E-state index contributed by atoms with van der Waals surface area (Å²) in [4.78, 5) is 0. The van der Waals surface area contributed by atoms with Crippen LogP contribution in [0.3, 0.4) is 0 Å². The van der Waals surface area contributed by atoms with Gasteiger partial charge in [-0.15, -0.1) is 0 Å². The Labute approximate surface area is 148 Å². The molecule has 1 heterocycles. The highest BCUT2D eigenvalue weighted by Gasteiger charge is 2.27. The summed E-state index contributed by atoms with van der Waals surface area (Å²) in [6, 6.07) is 6.07. The molecule has 0 aliphatic carbocycles. The molecule has 2 N–H and O–H groups in total. The highest BCUT2D eigenvalue weighted by Crippen LogP contribution is 2.31. The number of hydrogen-bond acceptors (Lipinski definition) is 3. The Morgan fingerprint density at radius 3 is 2.90 bits per heavy atom. The lowest BCUT2D eigenvalue weighted by Crippen LogP contribution is -2.40. The Bertz CT molecular complexity index is 609. The van der Waals surface area contributed by atoms with Gasteiger partial charge in [0.15, 0.2) is 0 Å². The number of hydrogen-bond donors (Lipinski definition) is 1. The van der Waals surface area contributed by atoms with E-state index in [1.165, 1.54) is 6.26 Å². The second-order valence-corrected chi connectivity index (χ2v) is 9.72. The Morgan fingerprint density at radius 1 is 1.52 bits per heavy atom. The summed E-state index contributed by atoms with van der Waals surface area (Å²) in [7, 11) is -3.09. The molecule has 2 unspecified atom stereocenters. The SMILES string of the molecule is CS(=O)(=O)N1CCCC(CC(N)c2cc(I)ccc2Br)C1. The van der Waals surface area contributed by atoms with Gasteiger partial charge in [0, 0.05) is 27.2 Å². The van der Waals surface area contributed by atoms with Crippen molar-refractivity contribution < 1.29 is 8.42 Å². The van der Waals surface area contributed by atoms with Crippen LogP contribution in [0, 0.1) is 9.49 Å². The van der Waals surface area contributed by atoms with Gasteiger partial charge in [0.2, 0.25) is 10.0 Å². The minimum Gasteiger partial charge on any atom is -0.324 e. The van der Waals surface area contributed by atoms with Crippen LogP contribution in [0.15, 0.2) is 22.7 Å². The molecule has 118 valence electrons. The van der Waals surface area contributed by atoms with Crippen LogP contribution in [0.4, 0.5) is 0 Å². The summed E-state index contributed by atoms with van der Waals surface area (Å²) in [5.41, 5.74) is 7.44. The smallest absolute Gasteiger partial charge is 0.211 e. The maximum atomic E-state index is 11.7. The third kappa shape index (κ3) is 4.89. The van der Waals surface area contributed by atoms with Gasteiger partial charge in [-0.3, -0.25) is 0 Å². The van der Waals surface area contributed by atoms with E-state index in [1.807, 2.05) is 12.1 Å². The number of nitrogens with two attached hydrogens (primary N) is 1. The number of sulfonamides is 1. The summed E-state index contributed by atoms with van der Waals surface area (Å²) in [5, 5.41) is 0. The maximum absolute atomic E-state index is 11.7. The molecule has 1 saturated heterocycles. The van der Waals surface area contributed by atoms with E-state index >= 15 is 0 Å². The molecule has 0 spiro atoms. The highest BCUT2D eigenvalue weighted by atomic mass is 127. The fraction of sp³-hybridized carbons (Fsp3) is 0.571. The van der Waals surface area contributed by atoms with Crippen molar-refractivity contribution in [2.75, 3.05) is 19.3 Å². The highest BCUT2D eigenvalue weighted by molar-refractivity contribution is 14.1. The van der Waals surface area contributed by atoms with Crippen molar-refractivity contribution in [3.8, 4) is 0 Å². The van der Waals surface area contributed by atoms with Crippen LogP contribution in [0.2, 0.25) is 0 Å². The van der Waals surface area contributed by atoms with Crippen LogP contribution in [0.25, 0.3) is 0 Å². The largest absolute Gasteiger partial charge is 0.324 e. The zero-order valence-corrected chi connectivity index (χ0v) is 16.5. The van der Waals surface area contributed by atoms with Crippen LogP contribution in [0.1, 0.15) is 30.9 Å². The fourth-order valence-electron chi connectivity index (χ4n) is 2.81. The van der Waals surface area contributed by atoms with Crippen molar-refractivity contribution in [2.45, 2.75) is 25.3 Å². The van der Waals surface area contributed by atoms with Gasteiger partial charge >= 0.3 is 0 Å². The van der Waals surface area contributed by atoms with Gasteiger partial charge in [-0.25, -0.2) is 12.7 Å². The van der Waals surface area contributed by atoms with Crippen LogP contribution >= 0.6 is 38.5 Å². The molecule has 0 saturated carbocycles. The van der Waals surface area contributed by atoms with Crippen LogP contribution in [-0.2, 0) is 10.0 Å².